The van der Waals surface area contributed by atoms with E-state index in [1.165, 1.54) is 38.5 Å². The molecule has 0 radical (unpaired) electrons. The molecule has 0 saturated heterocycles. The molecule has 0 atom stereocenters. The lowest BCUT2D eigenvalue weighted by Gasteiger charge is -2.42. The fraction of sp³-hybridized carbons (Fsp3) is 0.333. The van der Waals surface area contributed by atoms with Crippen molar-refractivity contribution >= 4 is 11.7 Å². The van der Waals surface area contributed by atoms with Gasteiger partial charge in [-0.25, -0.2) is 0 Å². The maximum absolute atomic E-state index is 13.0. The number of halogens is 3. The second-order valence-corrected chi connectivity index (χ2v) is 6.13. The van der Waals surface area contributed by atoms with E-state index in [2.05, 4.69) is 0 Å². The highest BCUT2D eigenvalue weighted by Crippen LogP contribution is 2.43. The minimum atomic E-state index is -4.98. The predicted octanol–water partition coefficient (Wildman–Crippen LogP) is 2.54. The number of carbonyl (C=O) groups is 2. The first-order chi connectivity index (χ1) is 12.2. The largest absolute Gasteiger partial charge is 0.493 e. The number of benzene rings is 1. The average molecular weight is 367 g/mol. The number of carbonyl (C=O) groups excluding carboxylic acids is 2. The Morgan fingerprint density at radius 1 is 1.12 bits per heavy atom. The van der Waals surface area contributed by atoms with E-state index >= 15 is 0 Å². The number of hydrogen-bond donors (Lipinski definition) is 0. The first-order valence-electron chi connectivity index (χ1n) is 7.74. The monoisotopic (exact) mass is 367 g/mol. The van der Waals surface area contributed by atoms with Gasteiger partial charge in [-0.1, -0.05) is 12.2 Å². The van der Waals surface area contributed by atoms with Crippen LogP contribution in [-0.4, -0.2) is 43.5 Å². The Kier molecular flexibility index (Phi) is 4.29. The van der Waals surface area contributed by atoms with Gasteiger partial charge in [0.05, 0.1) is 19.6 Å². The fourth-order valence-corrected chi connectivity index (χ4v) is 3.33. The van der Waals surface area contributed by atoms with Crippen LogP contribution >= 0.6 is 0 Å². The van der Waals surface area contributed by atoms with Gasteiger partial charge in [0.1, 0.15) is 0 Å². The first kappa shape index (κ1) is 18.0. The zero-order valence-corrected chi connectivity index (χ0v) is 14.1. The molecule has 138 valence electrons. The van der Waals surface area contributed by atoms with E-state index in [0.29, 0.717) is 22.6 Å². The zero-order valence-electron chi connectivity index (χ0n) is 14.1. The molecule has 1 aromatic carbocycles. The fourth-order valence-electron chi connectivity index (χ4n) is 3.33. The highest BCUT2D eigenvalue weighted by molar-refractivity contribution is 6.01. The molecule has 1 spiro atoms. The first-order valence-corrected chi connectivity index (χ1v) is 7.74. The summed E-state index contributed by atoms with van der Waals surface area (Å²) in [6, 6.07) is 3.23. The van der Waals surface area contributed by atoms with Crippen LogP contribution in [0, 0.1) is 0 Å². The lowest BCUT2D eigenvalue weighted by molar-refractivity contribution is -0.187. The van der Waals surface area contributed by atoms with Crippen LogP contribution in [0.3, 0.4) is 0 Å². The zero-order chi connectivity index (χ0) is 19.1. The summed E-state index contributed by atoms with van der Waals surface area (Å²) in [7, 11) is 2.87. The van der Waals surface area contributed by atoms with Crippen molar-refractivity contribution in [3.63, 3.8) is 0 Å². The summed E-state index contributed by atoms with van der Waals surface area (Å²) in [4.78, 5) is 24.1. The topological polar surface area (TPSA) is 55.8 Å². The van der Waals surface area contributed by atoms with E-state index in [9.17, 15) is 22.8 Å². The summed E-state index contributed by atoms with van der Waals surface area (Å²) in [5.41, 5.74) is 0.124. The number of amides is 1. The smallest absolute Gasteiger partial charge is 0.471 e. The summed E-state index contributed by atoms with van der Waals surface area (Å²) in [5, 5.41) is 0. The molecule has 0 unspecified atom stereocenters. The number of rotatable bonds is 2. The van der Waals surface area contributed by atoms with Gasteiger partial charge in [-0.3, -0.25) is 9.59 Å². The van der Waals surface area contributed by atoms with Crippen LogP contribution in [0.25, 0.3) is 0 Å². The molecule has 0 saturated carbocycles. The Morgan fingerprint density at radius 2 is 1.69 bits per heavy atom. The molecule has 5 nitrogen and oxygen atoms in total. The van der Waals surface area contributed by atoms with Gasteiger partial charge in [0.2, 0.25) is 0 Å². The van der Waals surface area contributed by atoms with Crippen molar-refractivity contribution in [1.29, 1.82) is 0 Å². The number of nitrogens with zero attached hydrogens (tertiary/aromatic N) is 1. The summed E-state index contributed by atoms with van der Waals surface area (Å²) in [6.07, 6.45) is 0.656. The van der Waals surface area contributed by atoms with Gasteiger partial charge in [0, 0.05) is 13.1 Å². The van der Waals surface area contributed by atoms with Crippen molar-refractivity contribution in [2.75, 3.05) is 20.8 Å². The maximum Gasteiger partial charge on any atom is 0.471 e. The molecule has 1 aromatic rings. The summed E-state index contributed by atoms with van der Waals surface area (Å²) in [5.74, 6) is -1.42. The highest BCUT2D eigenvalue weighted by Gasteiger charge is 2.47. The van der Waals surface area contributed by atoms with Crippen molar-refractivity contribution in [3.05, 3.63) is 47.6 Å². The Morgan fingerprint density at radius 3 is 2.23 bits per heavy atom. The Balaban J connectivity index is 2.16. The van der Waals surface area contributed by atoms with Gasteiger partial charge in [0.25, 0.3) is 0 Å². The van der Waals surface area contributed by atoms with E-state index in [-0.39, 0.29) is 18.9 Å². The van der Waals surface area contributed by atoms with Crippen LogP contribution in [0.5, 0.6) is 11.5 Å². The number of alkyl halides is 3. The normalized spacial score (nSPS) is 18.0. The minimum absolute atomic E-state index is 0.217. The third-order valence-corrected chi connectivity index (χ3v) is 4.54. The molecular weight excluding hydrogens is 351 g/mol. The minimum Gasteiger partial charge on any atom is -0.493 e. The number of allylic oxidation sites excluding steroid dienone is 2. The quantitative estimate of drug-likeness (QED) is 0.806. The van der Waals surface area contributed by atoms with Crippen LogP contribution in [0.1, 0.15) is 11.1 Å². The van der Waals surface area contributed by atoms with Crippen LogP contribution in [0.2, 0.25) is 0 Å². The van der Waals surface area contributed by atoms with Gasteiger partial charge in [0.15, 0.2) is 17.3 Å². The van der Waals surface area contributed by atoms with Crippen LogP contribution in [0.4, 0.5) is 13.2 Å². The second kappa shape index (κ2) is 6.19. The molecule has 1 amide bonds. The van der Waals surface area contributed by atoms with Gasteiger partial charge in [-0.15, -0.1) is 0 Å². The number of hydrogen-bond acceptors (Lipinski definition) is 4. The van der Waals surface area contributed by atoms with Gasteiger partial charge < -0.3 is 14.4 Å². The van der Waals surface area contributed by atoms with E-state index in [0.717, 1.165) is 4.90 Å². The standard InChI is InChI=1S/C18H16F3NO4/c1-25-14-7-11-9-22(16(24)18(19,20)21)10-17(5-3-12(23)4-6-17)13(11)8-15(14)26-2/h3-8H,9-10H2,1-2H3. The third-order valence-electron chi connectivity index (χ3n) is 4.54. The lowest BCUT2D eigenvalue weighted by Crippen LogP contribution is -2.50. The Hall–Kier alpha value is -2.77. The molecule has 1 aliphatic carbocycles. The predicted molar refractivity (Wildman–Crippen MR) is 86.0 cm³/mol. The second-order valence-electron chi connectivity index (χ2n) is 6.13. The lowest BCUT2D eigenvalue weighted by atomic mass is 9.72. The summed E-state index contributed by atoms with van der Waals surface area (Å²) >= 11 is 0. The van der Waals surface area contributed by atoms with Crippen molar-refractivity contribution in [1.82, 2.24) is 4.90 Å². The van der Waals surface area contributed by atoms with Crippen molar-refractivity contribution < 1.29 is 32.2 Å². The third kappa shape index (κ3) is 2.95. The number of ketones is 1. The maximum atomic E-state index is 13.0. The Labute approximate surface area is 147 Å². The molecule has 26 heavy (non-hydrogen) atoms. The van der Waals surface area contributed by atoms with Crippen LogP contribution in [-0.2, 0) is 21.5 Å². The van der Waals surface area contributed by atoms with Crippen molar-refractivity contribution in [3.8, 4) is 11.5 Å². The molecule has 8 heteroatoms. The summed E-state index contributed by atoms with van der Waals surface area (Å²) in [6.45, 7) is -0.445. The average Bonchev–Trinajstić information content (AvgIpc) is 2.61. The summed E-state index contributed by atoms with van der Waals surface area (Å²) < 4.78 is 49.4. The van der Waals surface area contributed by atoms with Crippen molar-refractivity contribution in [2.45, 2.75) is 18.1 Å². The number of methoxy groups -OCH3 is 2. The Bertz CT molecular complexity index is 810. The van der Waals surface area contributed by atoms with E-state index in [4.69, 9.17) is 9.47 Å². The molecule has 0 aromatic heterocycles. The van der Waals surface area contributed by atoms with E-state index in [1.807, 2.05) is 0 Å². The van der Waals surface area contributed by atoms with Gasteiger partial charge in [-0.05, 0) is 35.4 Å². The molecule has 2 aliphatic rings. The molecular formula is C18H16F3NO4. The molecule has 1 heterocycles. The molecule has 0 bridgehead atoms. The number of ether oxygens (including phenoxy) is 2. The molecule has 0 N–H and O–H groups in total. The number of fused-ring (bicyclic) bond motifs is 2. The van der Waals surface area contributed by atoms with Gasteiger partial charge in [-0.2, -0.15) is 13.2 Å². The van der Waals surface area contributed by atoms with Gasteiger partial charge >= 0.3 is 12.1 Å². The molecule has 3 rings (SSSR count). The van der Waals surface area contributed by atoms with Crippen LogP contribution in [0.15, 0.2) is 36.4 Å². The highest BCUT2D eigenvalue weighted by atomic mass is 19.4. The molecule has 1 aliphatic heterocycles. The van der Waals surface area contributed by atoms with Crippen molar-refractivity contribution in [2.24, 2.45) is 0 Å². The van der Waals surface area contributed by atoms with Crippen LogP contribution < -0.4 is 9.47 Å². The van der Waals surface area contributed by atoms with E-state index in [1.54, 1.807) is 12.1 Å². The SMILES string of the molecule is COc1cc2c(cc1OC)C1(C=CC(=O)C=C1)CN(C(=O)C(F)(F)F)C2. The van der Waals surface area contributed by atoms with E-state index < -0.39 is 17.5 Å². The molecule has 0 fully saturated rings.